The predicted octanol–water partition coefficient (Wildman–Crippen LogP) is 4.85. The van der Waals surface area contributed by atoms with E-state index in [2.05, 4.69) is 15.5 Å². The molecular weight excluding hydrogens is 438 g/mol. The number of ether oxygens (including phenoxy) is 2. The Labute approximate surface area is 189 Å². The zero-order chi connectivity index (χ0) is 23.1. The Balaban J connectivity index is 1.65. The molecule has 2 aromatic carbocycles. The van der Waals surface area contributed by atoms with Crippen LogP contribution in [0.4, 0.5) is 14.5 Å². The van der Waals surface area contributed by atoms with E-state index >= 15 is 0 Å². The molecule has 0 saturated carbocycles. The number of nitrogens with zero attached hydrogens (tertiary/aromatic N) is 3. The van der Waals surface area contributed by atoms with Gasteiger partial charge < -0.3 is 19.4 Å². The largest absolute Gasteiger partial charge is 0.492 e. The van der Waals surface area contributed by atoms with Crippen LogP contribution in [0.1, 0.15) is 32.7 Å². The van der Waals surface area contributed by atoms with Gasteiger partial charge in [-0.1, -0.05) is 23.9 Å². The van der Waals surface area contributed by atoms with Gasteiger partial charge in [-0.05, 0) is 45.0 Å². The summed E-state index contributed by atoms with van der Waals surface area (Å²) in [5.41, 5.74) is 0.598. The number of aromatic nitrogens is 3. The number of hydrogen-bond donors (Lipinski definition) is 1. The van der Waals surface area contributed by atoms with Crippen molar-refractivity contribution in [3.8, 4) is 11.5 Å². The number of benzene rings is 2. The van der Waals surface area contributed by atoms with Gasteiger partial charge in [0.05, 0.1) is 18.0 Å². The molecule has 1 unspecified atom stereocenters. The van der Waals surface area contributed by atoms with Crippen LogP contribution in [0.3, 0.4) is 0 Å². The van der Waals surface area contributed by atoms with Gasteiger partial charge in [-0.15, -0.1) is 10.2 Å². The highest BCUT2D eigenvalue weighted by Crippen LogP contribution is 2.27. The van der Waals surface area contributed by atoms with Crippen molar-refractivity contribution < 1.29 is 23.0 Å². The lowest BCUT2D eigenvalue weighted by atomic mass is 10.3. The number of carbonyl (C=O) groups is 1. The van der Waals surface area contributed by atoms with Crippen LogP contribution in [0.25, 0.3) is 0 Å². The smallest absolute Gasteiger partial charge is 0.234 e. The second-order valence-corrected chi connectivity index (χ2v) is 7.63. The number of amides is 1. The van der Waals surface area contributed by atoms with Crippen molar-refractivity contribution in [3.63, 3.8) is 0 Å². The van der Waals surface area contributed by atoms with Crippen LogP contribution < -0.4 is 14.8 Å². The van der Waals surface area contributed by atoms with Gasteiger partial charge in [-0.2, -0.15) is 0 Å². The van der Waals surface area contributed by atoms with Crippen LogP contribution in [0.5, 0.6) is 11.5 Å². The zero-order valence-electron chi connectivity index (χ0n) is 18.0. The molecule has 10 heteroatoms. The van der Waals surface area contributed by atoms with E-state index in [-0.39, 0.29) is 17.4 Å². The maximum Gasteiger partial charge on any atom is 0.234 e. The van der Waals surface area contributed by atoms with E-state index in [9.17, 15) is 13.6 Å². The topological polar surface area (TPSA) is 78.3 Å². The van der Waals surface area contributed by atoms with Crippen molar-refractivity contribution in [2.45, 2.75) is 38.6 Å². The summed E-state index contributed by atoms with van der Waals surface area (Å²) in [7, 11) is 0. The molecule has 170 valence electrons. The van der Waals surface area contributed by atoms with Crippen LogP contribution in [0, 0.1) is 11.6 Å². The maximum absolute atomic E-state index is 13.9. The lowest BCUT2D eigenvalue weighted by Crippen LogP contribution is -2.16. The summed E-state index contributed by atoms with van der Waals surface area (Å²) in [4.78, 5) is 12.4. The third kappa shape index (κ3) is 5.76. The molecule has 1 aromatic heterocycles. The molecule has 0 saturated heterocycles. The minimum absolute atomic E-state index is 0.0777. The van der Waals surface area contributed by atoms with E-state index in [0.29, 0.717) is 35.6 Å². The molecule has 32 heavy (non-hydrogen) atoms. The second kappa shape index (κ2) is 10.9. The van der Waals surface area contributed by atoms with Gasteiger partial charge in [0.1, 0.15) is 11.6 Å². The van der Waals surface area contributed by atoms with E-state index in [1.165, 1.54) is 17.8 Å². The quantitative estimate of drug-likeness (QED) is 0.434. The molecule has 0 aliphatic rings. The minimum Gasteiger partial charge on any atom is -0.492 e. The molecule has 3 aromatic rings. The first-order valence-electron chi connectivity index (χ1n) is 10.1. The number of para-hydroxylation sites is 2. The molecule has 1 heterocycles. The Morgan fingerprint density at radius 1 is 1.16 bits per heavy atom. The van der Waals surface area contributed by atoms with Crippen molar-refractivity contribution in [2.75, 3.05) is 17.7 Å². The summed E-state index contributed by atoms with van der Waals surface area (Å²) in [5, 5.41) is 11.7. The Kier molecular flexibility index (Phi) is 8.04. The lowest BCUT2D eigenvalue weighted by Gasteiger charge is -2.16. The Morgan fingerprint density at radius 3 is 2.66 bits per heavy atom. The number of hydrogen-bond acceptors (Lipinski definition) is 6. The molecule has 0 bridgehead atoms. The summed E-state index contributed by atoms with van der Waals surface area (Å²) in [6.07, 6.45) is -0.636. The van der Waals surface area contributed by atoms with Gasteiger partial charge in [0.15, 0.2) is 28.7 Å². The molecule has 0 spiro atoms. The predicted molar refractivity (Wildman–Crippen MR) is 118 cm³/mol. The standard InChI is InChI=1S/C22H24F2N4O3S/c1-4-28-21(14(3)31-18-11-10-15(23)12-16(18)24)26-27-22(28)32-13-20(29)25-17-8-6-7-9-19(17)30-5-2/h6-12,14H,4-5,13H2,1-3H3,(H,25,29). The molecule has 0 aliphatic carbocycles. The van der Waals surface area contributed by atoms with Gasteiger partial charge >= 0.3 is 0 Å². The summed E-state index contributed by atoms with van der Waals surface area (Å²) >= 11 is 1.23. The molecule has 1 atom stereocenters. The average Bonchev–Trinajstić information content (AvgIpc) is 3.19. The number of anilines is 1. The highest BCUT2D eigenvalue weighted by Gasteiger charge is 2.21. The second-order valence-electron chi connectivity index (χ2n) is 6.69. The first-order valence-corrected chi connectivity index (χ1v) is 11.1. The Hall–Kier alpha value is -3.14. The van der Waals surface area contributed by atoms with Gasteiger partial charge in [0.25, 0.3) is 0 Å². The van der Waals surface area contributed by atoms with Gasteiger partial charge in [0, 0.05) is 12.6 Å². The average molecular weight is 463 g/mol. The Morgan fingerprint density at radius 2 is 1.94 bits per heavy atom. The van der Waals surface area contributed by atoms with E-state index in [4.69, 9.17) is 9.47 Å². The summed E-state index contributed by atoms with van der Waals surface area (Å²) in [6, 6.07) is 10.3. The summed E-state index contributed by atoms with van der Waals surface area (Å²) in [5.74, 6) is -0.580. The monoisotopic (exact) mass is 462 g/mol. The first kappa shape index (κ1) is 23.5. The normalized spacial score (nSPS) is 11.8. The van der Waals surface area contributed by atoms with Crippen molar-refractivity contribution >= 4 is 23.4 Å². The molecule has 0 radical (unpaired) electrons. The highest BCUT2D eigenvalue weighted by atomic mass is 32.2. The van der Waals surface area contributed by atoms with Crippen molar-refractivity contribution in [2.24, 2.45) is 0 Å². The van der Waals surface area contributed by atoms with E-state index in [0.717, 1.165) is 12.1 Å². The van der Waals surface area contributed by atoms with Gasteiger partial charge in [-0.3, -0.25) is 4.79 Å². The first-order chi connectivity index (χ1) is 15.4. The van der Waals surface area contributed by atoms with Crippen LogP contribution in [0.15, 0.2) is 47.6 Å². The molecular formula is C22H24F2N4O3S. The number of halogens is 2. The fourth-order valence-electron chi connectivity index (χ4n) is 2.99. The van der Waals surface area contributed by atoms with Gasteiger partial charge in [-0.25, -0.2) is 8.78 Å². The van der Waals surface area contributed by atoms with Crippen molar-refractivity contribution in [3.05, 3.63) is 59.9 Å². The van der Waals surface area contributed by atoms with Crippen LogP contribution in [-0.2, 0) is 11.3 Å². The van der Waals surface area contributed by atoms with E-state index in [1.54, 1.807) is 23.6 Å². The molecule has 1 N–H and O–H groups in total. The van der Waals surface area contributed by atoms with Crippen molar-refractivity contribution in [1.82, 2.24) is 14.8 Å². The number of nitrogens with one attached hydrogen (secondary N) is 1. The zero-order valence-corrected chi connectivity index (χ0v) is 18.8. The fraction of sp³-hybridized carbons (Fsp3) is 0.318. The van der Waals surface area contributed by atoms with E-state index in [1.807, 2.05) is 26.0 Å². The Bertz CT molecular complexity index is 1080. The molecule has 0 fully saturated rings. The molecule has 3 rings (SSSR count). The van der Waals surface area contributed by atoms with Crippen LogP contribution in [0.2, 0.25) is 0 Å². The summed E-state index contributed by atoms with van der Waals surface area (Å²) in [6.45, 7) is 6.50. The van der Waals surface area contributed by atoms with Crippen LogP contribution >= 0.6 is 11.8 Å². The molecule has 1 amide bonds. The number of carbonyl (C=O) groups excluding carboxylic acids is 1. The lowest BCUT2D eigenvalue weighted by molar-refractivity contribution is -0.113. The third-order valence-electron chi connectivity index (χ3n) is 4.42. The highest BCUT2D eigenvalue weighted by molar-refractivity contribution is 7.99. The molecule has 0 aliphatic heterocycles. The third-order valence-corrected chi connectivity index (χ3v) is 5.38. The number of rotatable bonds is 10. The van der Waals surface area contributed by atoms with E-state index < -0.39 is 17.7 Å². The van der Waals surface area contributed by atoms with Crippen molar-refractivity contribution in [1.29, 1.82) is 0 Å². The maximum atomic E-state index is 13.9. The van der Waals surface area contributed by atoms with Gasteiger partial charge in [0.2, 0.25) is 5.91 Å². The fourth-order valence-corrected chi connectivity index (χ4v) is 3.80. The van der Waals surface area contributed by atoms with Crippen LogP contribution in [-0.4, -0.2) is 33.0 Å². The number of thioether (sulfide) groups is 1. The summed E-state index contributed by atoms with van der Waals surface area (Å²) < 4.78 is 40.0. The minimum atomic E-state index is -0.794. The SMILES string of the molecule is CCOc1ccccc1NC(=O)CSc1nnc(C(C)Oc2ccc(F)cc2F)n1CC. The molecule has 7 nitrogen and oxygen atoms in total.